The molecule has 0 aliphatic heterocycles. The van der Waals surface area contributed by atoms with E-state index in [4.69, 9.17) is 10.6 Å². The predicted molar refractivity (Wildman–Crippen MR) is 64.4 cm³/mol. The number of ether oxygens (including phenoxy) is 1. The molecule has 6 nitrogen and oxygen atoms in total. The highest BCUT2D eigenvalue weighted by molar-refractivity contribution is 5.62. The van der Waals surface area contributed by atoms with Crippen LogP contribution in [0.1, 0.15) is 5.69 Å². The number of benzene rings is 1. The van der Waals surface area contributed by atoms with E-state index in [1.807, 2.05) is 31.2 Å². The molecule has 17 heavy (non-hydrogen) atoms. The average molecular weight is 231 g/mol. The van der Waals surface area contributed by atoms with Crippen LogP contribution in [-0.4, -0.2) is 22.3 Å². The lowest BCUT2D eigenvalue weighted by Gasteiger charge is -2.06. The molecule has 2 aromatic rings. The van der Waals surface area contributed by atoms with Gasteiger partial charge in [0.25, 0.3) is 5.95 Å². The predicted octanol–water partition coefficient (Wildman–Crippen LogP) is 1.14. The van der Waals surface area contributed by atoms with Gasteiger partial charge >= 0.3 is 0 Å². The van der Waals surface area contributed by atoms with E-state index in [1.54, 1.807) is 7.11 Å². The largest absolute Gasteiger partial charge is 0.497 e. The molecule has 1 aromatic heterocycles. The monoisotopic (exact) mass is 231 g/mol. The number of nitrogens with one attached hydrogen (secondary N) is 1. The summed E-state index contributed by atoms with van der Waals surface area (Å²) in [6.07, 6.45) is 0. The summed E-state index contributed by atoms with van der Waals surface area (Å²) in [7, 11) is 1.63. The van der Waals surface area contributed by atoms with Crippen molar-refractivity contribution in [3.63, 3.8) is 0 Å². The SMILES string of the molecule is COc1ccc(-c2nnc(NN)nc2C)cc1. The van der Waals surface area contributed by atoms with Gasteiger partial charge in [-0.3, -0.25) is 5.43 Å². The molecule has 0 spiro atoms. The van der Waals surface area contributed by atoms with Crippen molar-refractivity contribution in [1.29, 1.82) is 0 Å². The van der Waals surface area contributed by atoms with Crippen molar-refractivity contribution in [1.82, 2.24) is 15.2 Å². The number of nitrogens with two attached hydrogens (primary N) is 1. The first-order valence-electron chi connectivity index (χ1n) is 5.07. The number of rotatable bonds is 3. The molecule has 0 aliphatic carbocycles. The van der Waals surface area contributed by atoms with Crippen molar-refractivity contribution in [2.45, 2.75) is 6.92 Å². The second-order valence-electron chi connectivity index (χ2n) is 3.44. The fourth-order valence-electron chi connectivity index (χ4n) is 1.48. The quantitative estimate of drug-likeness (QED) is 0.608. The standard InChI is InChI=1S/C11H13N5O/c1-7-10(15-16-11(13-7)14-12)8-3-5-9(17-2)6-4-8/h3-6H,12H2,1-2H3,(H,13,14,16). The maximum atomic E-state index is 5.21. The van der Waals surface area contributed by atoms with Gasteiger partial charge in [0.05, 0.1) is 12.8 Å². The lowest BCUT2D eigenvalue weighted by Crippen LogP contribution is -2.12. The summed E-state index contributed by atoms with van der Waals surface area (Å²) >= 11 is 0. The minimum atomic E-state index is 0.305. The molecule has 0 unspecified atom stereocenters. The van der Waals surface area contributed by atoms with E-state index in [0.29, 0.717) is 5.95 Å². The molecule has 0 radical (unpaired) electrons. The van der Waals surface area contributed by atoms with E-state index in [-0.39, 0.29) is 0 Å². The van der Waals surface area contributed by atoms with Crippen LogP contribution < -0.4 is 16.0 Å². The Morgan fingerprint density at radius 2 is 1.88 bits per heavy atom. The van der Waals surface area contributed by atoms with Crippen molar-refractivity contribution < 1.29 is 4.74 Å². The maximum absolute atomic E-state index is 5.21. The zero-order chi connectivity index (χ0) is 12.3. The number of hydrogen-bond acceptors (Lipinski definition) is 6. The number of hydrogen-bond donors (Lipinski definition) is 2. The summed E-state index contributed by atoms with van der Waals surface area (Å²) in [4.78, 5) is 4.17. The molecule has 0 atom stereocenters. The van der Waals surface area contributed by atoms with Crippen LogP contribution in [0.25, 0.3) is 11.3 Å². The molecule has 0 aliphatic rings. The summed E-state index contributed by atoms with van der Waals surface area (Å²) in [6, 6.07) is 7.55. The molecule has 0 saturated heterocycles. The van der Waals surface area contributed by atoms with E-state index in [2.05, 4.69) is 20.6 Å². The molecular weight excluding hydrogens is 218 g/mol. The first-order chi connectivity index (χ1) is 8.24. The number of nitrogen functional groups attached to an aromatic ring is 1. The van der Waals surface area contributed by atoms with Gasteiger partial charge in [0, 0.05) is 5.56 Å². The third kappa shape index (κ3) is 2.31. The number of aryl methyl sites for hydroxylation is 1. The van der Waals surface area contributed by atoms with E-state index < -0.39 is 0 Å². The minimum absolute atomic E-state index is 0.305. The molecule has 0 bridgehead atoms. The first-order valence-corrected chi connectivity index (χ1v) is 5.07. The zero-order valence-corrected chi connectivity index (χ0v) is 9.64. The fourth-order valence-corrected chi connectivity index (χ4v) is 1.48. The van der Waals surface area contributed by atoms with Gasteiger partial charge in [-0.2, -0.15) is 0 Å². The Morgan fingerprint density at radius 1 is 1.18 bits per heavy atom. The van der Waals surface area contributed by atoms with Crippen LogP contribution in [0.2, 0.25) is 0 Å². The number of hydrazine groups is 1. The van der Waals surface area contributed by atoms with Gasteiger partial charge in [0.15, 0.2) is 0 Å². The lowest BCUT2D eigenvalue weighted by atomic mass is 10.1. The molecule has 3 N–H and O–H groups in total. The second kappa shape index (κ2) is 4.75. The number of methoxy groups -OCH3 is 1. The molecule has 2 rings (SSSR count). The van der Waals surface area contributed by atoms with Crippen LogP contribution in [0.4, 0.5) is 5.95 Å². The van der Waals surface area contributed by atoms with Gasteiger partial charge in [-0.05, 0) is 31.2 Å². The minimum Gasteiger partial charge on any atom is -0.497 e. The van der Waals surface area contributed by atoms with Crippen LogP contribution in [-0.2, 0) is 0 Å². The summed E-state index contributed by atoms with van der Waals surface area (Å²) in [5, 5.41) is 7.93. The fraction of sp³-hybridized carbons (Fsp3) is 0.182. The maximum Gasteiger partial charge on any atom is 0.257 e. The number of anilines is 1. The Bertz CT molecular complexity index is 512. The summed E-state index contributed by atoms with van der Waals surface area (Å²) < 4.78 is 5.09. The highest BCUT2D eigenvalue weighted by Crippen LogP contribution is 2.22. The van der Waals surface area contributed by atoms with Crippen molar-refractivity contribution in [2.75, 3.05) is 12.5 Å². The third-order valence-corrected chi connectivity index (χ3v) is 2.35. The number of nitrogens with zero attached hydrogens (tertiary/aromatic N) is 3. The van der Waals surface area contributed by atoms with Crippen LogP contribution >= 0.6 is 0 Å². The Kier molecular flexibility index (Phi) is 3.15. The topological polar surface area (TPSA) is 86.0 Å². The zero-order valence-electron chi connectivity index (χ0n) is 9.64. The second-order valence-corrected chi connectivity index (χ2v) is 3.44. The number of aromatic nitrogens is 3. The van der Waals surface area contributed by atoms with Gasteiger partial charge < -0.3 is 4.74 Å². The molecule has 1 aromatic carbocycles. The molecular formula is C11H13N5O. The molecule has 0 fully saturated rings. The highest BCUT2D eigenvalue weighted by Gasteiger charge is 2.07. The van der Waals surface area contributed by atoms with Crippen molar-refractivity contribution in [2.24, 2.45) is 5.84 Å². The first kappa shape index (κ1) is 11.3. The van der Waals surface area contributed by atoms with Gasteiger partial charge in [-0.25, -0.2) is 10.8 Å². The van der Waals surface area contributed by atoms with Crippen LogP contribution in [0.15, 0.2) is 24.3 Å². The summed E-state index contributed by atoms with van der Waals surface area (Å²) in [5.41, 5.74) is 4.79. The Morgan fingerprint density at radius 3 is 2.41 bits per heavy atom. The van der Waals surface area contributed by atoms with Gasteiger partial charge in [-0.1, -0.05) is 0 Å². The Balaban J connectivity index is 2.38. The van der Waals surface area contributed by atoms with Crippen molar-refractivity contribution in [3.05, 3.63) is 30.0 Å². The molecule has 1 heterocycles. The van der Waals surface area contributed by atoms with E-state index in [1.165, 1.54) is 0 Å². The average Bonchev–Trinajstić information content (AvgIpc) is 2.39. The Hall–Kier alpha value is -2.21. The van der Waals surface area contributed by atoms with Crippen molar-refractivity contribution in [3.8, 4) is 17.0 Å². The van der Waals surface area contributed by atoms with Gasteiger partial charge in [0.2, 0.25) is 0 Å². The molecule has 6 heteroatoms. The van der Waals surface area contributed by atoms with E-state index in [0.717, 1.165) is 22.7 Å². The summed E-state index contributed by atoms with van der Waals surface area (Å²) in [5.74, 6) is 6.32. The smallest absolute Gasteiger partial charge is 0.257 e. The highest BCUT2D eigenvalue weighted by atomic mass is 16.5. The van der Waals surface area contributed by atoms with Crippen LogP contribution in [0, 0.1) is 6.92 Å². The van der Waals surface area contributed by atoms with E-state index >= 15 is 0 Å². The summed E-state index contributed by atoms with van der Waals surface area (Å²) in [6.45, 7) is 1.86. The normalized spacial score (nSPS) is 10.1. The van der Waals surface area contributed by atoms with E-state index in [9.17, 15) is 0 Å². The van der Waals surface area contributed by atoms with Gasteiger partial charge in [0.1, 0.15) is 11.4 Å². The Labute approximate surface area is 98.8 Å². The molecule has 0 saturated carbocycles. The van der Waals surface area contributed by atoms with Gasteiger partial charge in [-0.15, -0.1) is 10.2 Å². The molecule has 0 amide bonds. The van der Waals surface area contributed by atoms with Crippen LogP contribution in [0.5, 0.6) is 5.75 Å². The third-order valence-electron chi connectivity index (χ3n) is 2.35. The lowest BCUT2D eigenvalue weighted by molar-refractivity contribution is 0.415. The molecule has 88 valence electrons. The van der Waals surface area contributed by atoms with Crippen LogP contribution in [0.3, 0.4) is 0 Å². The van der Waals surface area contributed by atoms with Crippen molar-refractivity contribution >= 4 is 5.95 Å².